The van der Waals surface area contributed by atoms with Gasteiger partial charge < -0.3 is 14.6 Å². The fraction of sp³-hybridized carbons (Fsp3) is 0.400. The second-order valence-electron chi connectivity index (χ2n) is 4.66. The van der Waals surface area contributed by atoms with Crippen molar-refractivity contribution in [3.05, 3.63) is 34.3 Å². The third kappa shape index (κ3) is 4.65. The number of aliphatic carboxylic acids is 1. The van der Waals surface area contributed by atoms with Crippen molar-refractivity contribution in [2.75, 3.05) is 13.2 Å². The molecule has 0 spiro atoms. The molecular formula is C15H17BrO4. The zero-order valence-corrected chi connectivity index (χ0v) is 12.6. The zero-order valence-electron chi connectivity index (χ0n) is 11.0. The van der Waals surface area contributed by atoms with Crippen molar-refractivity contribution < 1.29 is 19.4 Å². The lowest BCUT2D eigenvalue weighted by atomic mass is 10.1. The molecule has 2 rings (SSSR count). The number of carboxylic acid groups (broad SMARTS) is 1. The van der Waals surface area contributed by atoms with E-state index in [-0.39, 0.29) is 6.10 Å². The van der Waals surface area contributed by atoms with Gasteiger partial charge in [0, 0.05) is 12.7 Å². The number of carbonyl (C=O) groups is 1. The lowest BCUT2D eigenvalue weighted by molar-refractivity contribution is -0.131. The summed E-state index contributed by atoms with van der Waals surface area (Å²) in [5, 5.41) is 8.59. The number of carboxylic acids is 1. The summed E-state index contributed by atoms with van der Waals surface area (Å²) in [4.78, 5) is 10.5. The maximum atomic E-state index is 10.5. The van der Waals surface area contributed by atoms with Crippen LogP contribution in [0.3, 0.4) is 0 Å². The Kier molecular flexibility index (Phi) is 5.61. The molecule has 1 aromatic carbocycles. The molecule has 108 valence electrons. The molecule has 1 atom stereocenters. The smallest absolute Gasteiger partial charge is 0.328 e. The van der Waals surface area contributed by atoms with E-state index in [1.165, 1.54) is 6.42 Å². The Bertz CT molecular complexity index is 493. The highest BCUT2D eigenvalue weighted by atomic mass is 79.9. The summed E-state index contributed by atoms with van der Waals surface area (Å²) in [6.07, 6.45) is 6.18. The van der Waals surface area contributed by atoms with Crippen LogP contribution in [0.2, 0.25) is 0 Å². The average Bonchev–Trinajstić information content (AvgIpc) is 2.45. The fourth-order valence-corrected chi connectivity index (χ4v) is 2.54. The summed E-state index contributed by atoms with van der Waals surface area (Å²) in [5.41, 5.74) is 0.806. The van der Waals surface area contributed by atoms with Gasteiger partial charge in [0.05, 0.1) is 10.6 Å². The zero-order chi connectivity index (χ0) is 14.4. The van der Waals surface area contributed by atoms with E-state index in [1.54, 1.807) is 6.08 Å². The molecule has 1 saturated heterocycles. The Morgan fingerprint density at radius 1 is 1.50 bits per heavy atom. The Morgan fingerprint density at radius 2 is 2.35 bits per heavy atom. The minimum atomic E-state index is -0.962. The number of benzene rings is 1. The normalized spacial score (nSPS) is 19.1. The number of rotatable bonds is 5. The maximum absolute atomic E-state index is 10.5. The molecule has 1 heterocycles. The molecular weight excluding hydrogens is 324 g/mol. The van der Waals surface area contributed by atoms with Crippen molar-refractivity contribution in [1.29, 1.82) is 0 Å². The molecule has 0 saturated carbocycles. The fourth-order valence-electron chi connectivity index (χ4n) is 2.03. The SMILES string of the molecule is O=C(O)C=Cc1ccc(OCC2CCCCO2)c(Br)c1. The number of hydrogen-bond donors (Lipinski definition) is 1. The van der Waals surface area contributed by atoms with Crippen molar-refractivity contribution in [2.24, 2.45) is 0 Å². The van der Waals surface area contributed by atoms with E-state index in [1.807, 2.05) is 18.2 Å². The topological polar surface area (TPSA) is 55.8 Å². The van der Waals surface area contributed by atoms with Gasteiger partial charge in [-0.3, -0.25) is 0 Å². The molecule has 20 heavy (non-hydrogen) atoms. The van der Waals surface area contributed by atoms with Gasteiger partial charge >= 0.3 is 5.97 Å². The molecule has 5 heteroatoms. The Morgan fingerprint density at radius 3 is 3.00 bits per heavy atom. The number of halogens is 1. The predicted octanol–water partition coefficient (Wildman–Crippen LogP) is 3.49. The first-order valence-electron chi connectivity index (χ1n) is 6.60. The Hall–Kier alpha value is -1.33. The van der Waals surface area contributed by atoms with Crippen molar-refractivity contribution in [1.82, 2.24) is 0 Å². The Balaban J connectivity index is 1.93. The van der Waals surface area contributed by atoms with Crippen LogP contribution in [0, 0.1) is 0 Å². The van der Waals surface area contributed by atoms with E-state index in [2.05, 4.69) is 15.9 Å². The van der Waals surface area contributed by atoms with E-state index >= 15 is 0 Å². The van der Waals surface area contributed by atoms with Gasteiger partial charge in [-0.15, -0.1) is 0 Å². The van der Waals surface area contributed by atoms with Gasteiger partial charge in [0.2, 0.25) is 0 Å². The largest absolute Gasteiger partial charge is 0.490 e. The second kappa shape index (κ2) is 7.45. The standard InChI is InChI=1S/C15H17BrO4/c16-13-9-11(5-7-15(17)18)4-6-14(13)20-10-12-3-1-2-8-19-12/h4-7,9,12H,1-3,8,10H2,(H,17,18). The number of ether oxygens (including phenoxy) is 2. The third-order valence-corrected chi connectivity index (χ3v) is 3.69. The van der Waals surface area contributed by atoms with Gasteiger partial charge in [-0.05, 0) is 59.0 Å². The van der Waals surface area contributed by atoms with Crippen LogP contribution in [-0.4, -0.2) is 30.4 Å². The molecule has 1 aliphatic rings. The molecule has 0 amide bonds. The minimum absolute atomic E-state index is 0.169. The van der Waals surface area contributed by atoms with E-state index in [0.29, 0.717) is 6.61 Å². The summed E-state index contributed by atoms with van der Waals surface area (Å²) in [6.45, 7) is 1.36. The average molecular weight is 341 g/mol. The van der Waals surface area contributed by atoms with Gasteiger partial charge in [0.15, 0.2) is 0 Å². The summed E-state index contributed by atoms with van der Waals surface area (Å²) in [6, 6.07) is 5.48. The van der Waals surface area contributed by atoms with E-state index in [9.17, 15) is 4.79 Å². The van der Waals surface area contributed by atoms with E-state index in [0.717, 1.165) is 41.3 Å². The van der Waals surface area contributed by atoms with Crippen LogP contribution in [0.1, 0.15) is 24.8 Å². The summed E-state index contributed by atoms with van der Waals surface area (Å²) < 4.78 is 12.2. The predicted molar refractivity (Wildman–Crippen MR) is 79.9 cm³/mol. The molecule has 1 aliphatic heterocycles. The van der Waals surface area contributed by atoms with E-state index < -0.39 is 5.97 Å². The van der Waals surface area contributed by atoms with Crippen LogP contribution in [0.4, 0.5) is 0 Å². The van der Waals surface area contributed by atoms with Gasteiger partial charge in [-0.25, -0.2) is 4.79 Å². The molecule has 1 aromatic rings. The minimum Gasteiger partial charge on any atom is -0.490 e. The van der Waals surface area contributed by atoms with Gasteiger partial charge in [0.25, 0.3) is 0 Å². The first kappa shape index (κ1) is 15.1. The monoisotopic (exact) mass is 340 g/mol. The van der Waals surface area contributed by atoms with Crippen molar-refractivity contribution >= 4 is 28.0 Å². The summed E-state index contributed by atoms with van der Waals surface area (Å²) in [5.74, 6) is -0.220. The highest BCUT2D eigenvalue weighted by Crippen LogP contribution is 2.27. The molecule has 1 unspecified atom stereocenters. The highest BCUT2D eigenvalue weighted by Gasteiger charge is 2.15. The third-order valence-electron chi connectivity index (χ3n) is 3.07. The van der Waals surface area contributed by atoms with E-state index in [4.69, 9.17) is 14.6 Å². The van der Waals surface area contributed by atoms with Gasteiger partial charge in [0.1, 0.15) is 12.4 Å². The molecule has 1 fully saturated rings. The van der Waals surface area contributed by atoms with Crippen molar-refractivity contribution in [3.8, 4) is 5.75 Å². The van der Waals surface area contributed by atoms with Crippen LogP contribution in [0.15, 0.2) is 28.7 Å². The molecule has 0 aliphatic carbocycles. The lowest BCUT2D eigenvalue weighted by Gasteiger charge is -2.22. The van der Waals surface area contributed by atoms with Crippen molar-refractivity contribution in [3.63, 3.8) is 0 Å². The first-order chi connectivity index (χ1) is 9.65. The van der Waals surface area contributed by atoms with Crippen LogP contribution in [0.25, 0.3) is 6.08 Å². The molecule has 0 bridgehead atoms. The molecule has 0 radical (unpaired) electrons. The van der Waals surface area contributed by atoms with Crippen LogP contribution in [-0.2, 0) is 9.53 Å². The van der Waals surface area contributed by atoms with Crippen molar-refractivity contribution in [2.45, 2.75) is 25.4 Å². The molecule has 0 aromatic heterocycles. The summed E-state index contributed by atoms with van der Waals surface area (Å²) >= 11 is 3.43. The summed E-state index contributed by atoms with van der Waals surface area (Å²) in [7, 11) is 0. The Labute approximate surface area is 126 Å². The second-order valence-corrected chi connectivity index (χ2v) is 5.52. The van der Waals surface area contributed by atoms with Gasteiger partial charge in [-0.1, -0.05) is 6.07 Å². The first-order valence-corrected chi connectivity index (χ1v) is 7.39. The quantitative estimate of drug-likeness (QED) is 0.833. The van der Waals surface area contributed by atoms with Gasteiger partial charge in [-0.2, -0.15) is 0 Å². The molecule has 1 N–H and O–H groups in total. The molecule has 4 nitrogen and oxygen atoms in total. The maximum Gasteiger partial charge on any atom is 0.328 e. The van der Waals surface area contributed by atoms with Crippen LogP contribution >= 0.6 is 15.9 Å². The highest BCUT2D eigenvalue weighted by molar-refractivity contribution is 9.10. The van der Waals surface area contributed by atoms with Crippen LogP contribution in [0.5, 0.6) is 5.75 Å². The lowest BCUT2D eigenvalue weighted by Crippen LogP contribution is -2.25. The van der Waals surface area contributed by atoms with Crippen LogP contribution < -0.4 is 4.74 Å². The number of hydrogen-bond acceptors (Lipinski definition) is 3.